The van der Waals surface area contributed by atoms with Gasteiger partial charge in [-0.05, 0) is 36.2 Å². The Bertz CT molecular complexity index is 1220. The molecule has 1 saturated heterocycles. The van der Waals surface area contributed by atoms with Crippen LogP contribution in [0.15, 0.2) is 78.9 Å². The lowest BCUT2D eigenvalue weighted by Gasteiger charge is -2.19. The molecular formula is C26H25N3O2. The Morgan fingerprint density at radius 1 is 0.968 bits per heavy atom. The average molecular weight is 412 g/mol. The molecule has 1 aliphatic heterocycles. The highest BCUT2D eigenvalue weighted by atomic mass is 16.5. The van der Waals surface area contributed by atoms with Crippen molar-refractivity contribution in [3.05, 3.63) is 90.3 Å². The van der Waals surface area contributed by atoms with Crippen molar-refractivity contribution in [3.63, 3.8) is 0 Å². The minimum absolute atomic E-state index is 0.0422. The molecule has 0 saturated carbocycles. The summed E-state index contributed by atoms with van der Waals surface area (Å²) in [5.41, 5.74) is 4.22. The number of rotatable bonds is 6. The van der Waals surface area contributed by atoms with Crippen molar-refractivity contribution in [1.29, 1.82) is 0 Å². The molecule has 2 heterocycles. The second-order valence-electron chi connectivity index (χ2n) is 7.92. The summed E-state index contributed by atoms with van der Waals surface area (Å²) < 4.78 is 7.79. The monoisotopic (exact) mass is 411 g/mol. The normalized spacial score (nSPS) is 16.2. The summed E-state index contributed by atoms with van der Waals surface area (Å²) in [7, 11) is 1.64. The van der Waals surface area contributed by atoms with Crippen LogP contribution >= 0.6 is 0 Å². The maximum Gasteiger partial charge on any atom is 0.227 e. The zero-order valence-corrected chi connectivity index (χ0v) is 17.6. The number of aryl methyl sites for hydroxylation is 2. The van der Waals surface area contributed by atoms with E-state index in [4.69, 9.17) is 9.72 Å². The van der Waals surface area contributed by atoms with Crippen LogP contribution in [0.25, 0.3) is 11.0 Å². The highest BCUT2D eigenvalue weighted by Crippen LogP contribution is 2.37. The van der Waals surface area contributed by atoms with E-state index in [9.17, 15) is 4.79 Å². The average Bonchev–Trinajstić information content (AvgIpc) is 3.38. The highest BCUT2D eigenvalue weighted by molar-refractivity contribution is 5.97. The molecule has 31 heavy (non-hydrogen) atoms. The Balaban J connectivity index is 1.48. The predicted molar refractivity (Wildman–Crippen MR) is 123 cm³/mol. The van der Waals surface area contributed by atoms with Crippen LogP contribution in [0.2, 0.25) is 0 Å². The van der Waals surface area contributed by atoms with Crippen molar-refractivity contribution < 1.29 is 9.53 Å². The summed E-state index contributed by atoms with van der Waals surface area (Å²) in [6.45, 7) is 1.44. The summed E-state index contributed by atoms with van der Waals surface area (Å²) in [6.07, 6.45) is 1.37. The maximum atomic E-state index is 13.0. The van der Waals surface area contributed by atoms with Gasteiger partial charge in [-0.15, -0.1) is 0 Å². The van der Waals surface area contributed by atoms with Crippen LogP contribution in [0, 0.1) is 0 Å². The number of nitrogens with zero attached hydrogens (tertiary/aromatic N) is 3. The second kappa shape index (κ2) is 8.26. The van der Waals surface area contributed by atoms with Gasteiger partial charge >= 0.3 is 0 Å². The molecule has 0 bridgehead atoms. The first-order valence-corrected chi connectivity index (χ1v) is 10.7. The molecule has 5 heteroatoms. The topological polar surface area (TPSA) is 47.4 Å². The van der Waals surface area contributed by atoms with E-state index in [1.165, 1.54) is 5.56 Å². The Labute approximate surface area is 181 Å². The Morgan fingerprint density at radius 2 is 1.71 bits per heavy atom. The third-order valence-corrected chi connectivity index (χ3v) is 6.02. The van der Waals surface area contributed by atoms with Gasteiger partial charge in [0.15, 0.2) is 0 Å². The number of hydrogen-bond acceptors (Lipinski definition) is 3. The number of para-hydroxylation sites is 4. The van der Waals surface area contributed by atoms with Gasteiger partial charge in [-0.2, -0.15) is 0 Å². The smallest absolute Gasteiger partial charge is 0.227 e. The molecule has 0 N–H and O–H groups in total. The molecule has 5 nitrogen and oxygen atoms in total. The zero-order chi connectivity index (χ0) is 21.2. The number of hydrogen-bond donors (Lipinski definition) is 0. The van der Waals surface area contributed by atoms with Gasteiger partial charge in [0.25, 0.3) is 0 Å². The van der Waals surface area contributed by atoms with E-state index < -0.39 is 0 Å². The molecule has 1 amide bonds. The first kappa shape index (κ1) is 19.4. The van der Waals surface area contributed by atoms with Crippen LogP contribution in [-0.2, 0) is 17.8 Å². The number of benzene rings is 3. The Morgan fingerprint density at radius 3 is 2.55 bits per heavy atom. The summed E-state index contributed by atoms with van der Waals surface area (Å²) >= 11 is 0. The predicted octanol–water partition coefficient (Wildman–Crippen LogP) is 4.81. The van der Waals surface area contributed by atoms with Crippen LogP contribution in [0.3, 0.4) is 0 Å². The van der Waals surface area contributed by atoms with E-state index in [1.807, 2.05) is 53.4 Å². The quantitative estimate of drug-likeness (QED) is 0.458. The lowest BCUT2D eigenvalue weighted by atomic mass is 10.1. The molecule has 156 valence electrons. The number of anilines is 1. The van der Waals surface area contributed by atoms with Gasteiger partial charge < -0.3 is 14.2 Å². The van der Waals surface area contributed by atoms with Crippen molar-refractivity contribution in [3.8, 4) is 5.75 Å². The maximum absolute atomic E-state index is 13.0. The summed E-state index contributed by atoms with van der Waals surface area (Å²) in [4.78, 5) is 19.8. The number of carbonyl (C=O) groups is 1. The second-order valence-corrected chi connectivity index (χ2v) is 7.92. The van der Waals surface area contributed by atoms with Crippen LogP contribution in [0.5, 0.6) is 5.75 Å². The van der Waals surface area contributed by atoms with Crippen molar-refractivity contribution in [2.75, 3.05) is 18.6 Å². The number of aromatic nitrogens is 2. The fourth-order valence-corrected chi connectivity index (χ4v) is 4.49. The third-order valence-electron chi connectivity index (χ3n) is 6.02. The van der Waals surface area contributed by atoms with Crippen LogP contribution in [-0.4, -0.2) is 29.1 Å². The van der Waals surface area contributed by atoms with Gasteiger partial charge in [0.2, 0.25) is 5.91 Å². The Kier molecular flexibility index (Phi) is 5.16. The minimum Gasteiger partial charge on any atom is -0.495 e. The SMILES string of the molecule is COc1ccccc1N1CC(c2nc3ccccc3n2CCc2ccccc2)CC1=O. The van der Waals surface area contributed by atoms with Gasteiger partial charge in [-0.3, -0.25) is 4.79 Å². The van der Waals surface area contributed by atoms with E-state index in [0.29, 0.717) is 18.7 Å². The number of methoxy groups -OCH3 is 1. The van der Waals surface area contributed by atoms with E-state index in [-0.39, 0.29) is 11.8 Å². The first-order valence-electron chi connectivity index (χ1n) is 10.7. The Hall–Kier alpha value is -3.60. The fraction of sp³-hybridized carbons (Fsp3) is 0.231. The van der Waals surface area contributed by atoms with Gasteiger partial charge in [-0.1, -0.05) is 54.6 Å². The molecule has 0 radical (unpaired) electrons. The number of amides is 1. The third kappa shape index (κ3) is 3.67. The molecule has 1 fully saturated rings. The molecule has 1 aliphatic rings. The highest BCUT2D eigenvalue weighted by Gasteiger charge is 2.35. The molecule has 0 aliphatic carbocycles. The van der Waals surface area contributed by atoms with Gasteiger partial charge in [0, 0.05) is 25.4 Å². The van der Waals surface area contributed by atoms with Crippen LogP contribution in [0.4, 0.5) is 5.69 Å². The summed E-state index contributed by atoms with van der Waals surface area (Å²) in [5.74, 6) is 1.86. The van der Waals surface area contributed by atoms with E-state index in [1.54, 1.807) is 7.11 Å². The standard InChI is InChI=1S/C26H25N3O2/c1-31-24-14-8-7-13-23(24)29-18-20(17-25(29)30)26-27-21-11-5-6-12-22(21)28(26)16-15-19-9-3-2-4-10-19/h2-14,20H,15-18H2,1H3. The molecule has 3 aromatic carbocycles. The zero-order valence-electron chi connectivity index (χ0n) is 17.6. The fourth-order valence-electron chi connectivity index (χ4n) is 4.49. The van der Waals surface area contributed by atoms with Crippen molar-refractivity contribution in [1.82, 2.24) is 9.55 Å². The van der Waals surface area contributed by atoms with Crippen molar-refractivity contribution >= 4 is 22.6 Å². The first-order chi connectivity index (χ1) is 15.2. The molecule has 5 rings (SSSR count). The number of carbonyl (C=O) groups excluding carboxylic acids is 1. The van der Waals surface area contributed by atoms with E-state index in [0.717, 1.165) is 35.5 Å². The molecule has 0 spiro atoms. The molecule has 1 atom stereocenters. The van der Waals surface area contributed by atoms with E-state index >= 15 is 0 Å². The largest absolute Gasteiger partial charge is 0.495 e. The number of ether oxygens (including phenoxy) is 1. The van der Waals surface area contributed by atoms with Gasteiger partial charge in [0.1, 0.15) is 11.6 Å². The van der Waals surface area contributed by atoms with Crippen LogP contribution < -0.4 is 9.64 Å². The summed E-state index contributed by atoms with van der Waals surface area (Å²) in [6, 6.07) is 26.4. The molecule has 4 aromatic rings. The van der Waals surface area contributed by atoms with Crippen molar-refractivity contribution in [2.24, 2.45) is 0 Å². The molecule has 1 aromatic heterocycles. The summed E-state index contributed by atoms with van der Waals surface area (Å²) in [5, 5.41) is 0. The molecule has 1 unspecified atom stereocenters. The number of fused-ring (bicyclic) bond motifs is 1. The van der Waals surface area contributed by atoms with Gasteiger partial charge in [0.05, 0.1) is 23.8 Å². The lowest BCUT2D eigenvalue weighted by Crippen LogP contribution is -2.25. The number of imidazole rings is 1. The van der Waals surface area contributed by atoms with Crippen LogP contribution in [0.1, 0.15) is 23.7 Å². The van der Waals surface area contributed by atoms with Crippen molar-refractivity contribution in [2.45, 2.75) is 25.3 Å². The lowest BCUT2D eigenvalue weighted by molar-refractivity contribution is -0.117. The van der Waals surface area contributed by atoms with E-state index in [2.05, 4.69) is 34.9 Å². The minimum atomic E-state index is 0.0422. The molecular weight excluding hydrogens is 386 g/mol. The van der Waals surface area contributed by atoms with Gasteiger partial charge in [-0.25, -0.2) is 4.98 Å².